The number of hydrogen-bond acceptors (Lipinski definition) is 4. The second-order valence-corrected chi connectivity index (χ2v) is 4.62. The molecule has 0 bridgehead atoms. The maximum atomic E-state index is 12.4. The van der Waals surface area contributed by atoms with E-state index in [0.717, 1.165) is 11.1 Å². The summed E-state index contributed by atoms with van der Waals surface area (Å²) in [4.78, 5) is 14.0. The molecule has 20 heavy (non-hydrogen) atoms. The number of likely N-dealkylation sites (N-methyl/N-ethyl adjacent to an activating group) is 1. The van der Waals surface area contributed by atoms with Gasteiger partial charge >= 0.3 is 0 Å². The standard InChI is InChI=1S/C15H19NO4/c1-9(18-3)13-10-6-7-12(19-4)14(20-5)11(10)8-16(2)15(13)17/h6-7H,8H2,1-5H3/b13-9+. The van der Waals surface area contributed by atoms with E-state index in [4.69, 9.17) is 14.2 Å². The Morgan fingerprint density at radius 2 is 1.90 bits per heavy atom. The highest BCUT2D eigenvalue weighted by Crippen LogP contribution is 2.40. The minimum atomic E-state index is -0.0518. The van der Waals surface area contributed by atoms with Crippen molar-refractivity contribution in [2.24, 2.45) is 0 Å². The fourth-order valence-corrected chi connectivity index (χ4v) is 2.44. The molecule has 0 saturated heterocycles. The van der Waals surface area contributed by atoms with Crippen LogP contribution in [0.25, 0.3) is 5.57 Å². The average molecular weight is 277 g/mol. The second kappa shape index (κ2) is 5.45. The molecule has 1 heterocycles. The quantitative estimate of drug-likeness (QED) is 0.627. The first-order chi connectivity index (χ1) is 9.54. The monoisotopic (exact) mass is 277 g/mol. The molecule has 1 aliphatic heterocycles. The zero-order chi connectivity index (χ0) is 14.9. The van der Waals surface area contributed by atoms with Gasteiger partial charge in [0.15, 0.2) is 11.5 Å². The SMILES string of the molecule is CO/C(C)=C1/C(=O)N(C)Cc2c1ccc(OC)c2OC. The molecule has 108 valence electrons. The minimum absolute atomic E-state index is 0.0518. The van der Waals surface area contributed by atoms with Crippen LogP contribution in [0.4, 0.5) is 0 Å². The van der Waals surface area contributed by atoms with E-state index in [2.05, 4.69) is 0 Å². The van der Waals surface area contributed by atoms with E-state index in [9.17, 15) is 4.79 Å². The molecule has 1 aliphatic rings. The van der Waals surface area contributed by atoms with Gasteiger partial charge < -0.3 is 19.1 Å². The van der Waals surface area contributed by atoms with E-state index in [-0.39, 0.29) is 5.91 Å². The van der Waals surface area contributed by atoms with Gasteiger partial charge in [-0.2, -0.15) is 0 Å². The van der Waals surface area contributed by atoms with Crippen molar-refractivity contribution in [3.05, 3.63) is 29.0 Å². The van der Waals surface area contributed by atoms with Crippen molar-refractivity contribution < 1.29 is 19.0 Å². The first kappa shape index (κ1) is 14.2. The summed E-state index contributed by atoms with van der Waals surface area (Å²) in [6, 6.07) is 3.68. The lowest BCUT2D eigenvalue weighted by atomic mass is 9.92. The van der Waals surface area contributed by atoms with Crippen molar-refractivity contribution >= 4 is 11.5 Å². The summed E-state index contributed by atoms with van der Waals surface area (Å²) in [5.41, 5.74) is 2.34. The van der Waals surface area contributed by atoms with Crippen molar-refractivity contribution in [3.63, 3.8) is 0 Å². The summed E-state index contributed by atoms with van der Waals surface area (Å²) in [6.45, 7) is 2.27. The van der Waals surface area contributed by atoms with Crippen LogP contribution in [0, 0.1) is 0 Å². The lowest BCUT2D eigenvalue weighted by molar-refractivity contribution is -0.124. The fraction of sp³-hybridized carbons (Fsp3) is 0.400. The van der Waals surface area contributed by atoms with Gasteiger partial charge in [-0.15, -0.1) is 0 Å². The predicted molar refractivity (Wildman–Crippen MR) is 75.6 cm³/mol. The van der Waals surface area contributed by atoms with Crippen LogP contribution >= 0.6 is 0 Å². The molecule has 0 saturated carbocycles. The van der Waals surface area contributed by atoms with E-state index >= 15 is 0 Å². The molecule has 0 fully saturated rings. The van der Waals surface area contributed by atoms with Gasteiger partial charge in [0.05, 0.1) is 33.4 Å². The molecule has 0 aromatic heterocycles. The van der Waals surface area contributed by atoms with E-state index in [1.165, 1.54) is 0 Å². The summed E-state index contributed by atoms with van der Waals surface area (Å²) in [7, 11) is 6.51. The van der Waals surface area contributed by atoms with Crippen molar-refractivity contribution in [2.45, 2.75) is 13.5 Å². The van der Waals surface area contributed by atoms with E-state index in [1.54, 1.807) is 46.3 Å². The number of carbonyl (C=O) groups excluding carboxylic acids is 1. The summed E-state index contributed by atoms with van der Waals surface area (Å²) in [6.07, 6.45) is 0. The molecule has 2 rings (SSSR count). The Bertz CT molecular complexity index is 577. The normalized spacial score (nSPS) is 16.6. The number of rotatable bonds is 3. The van der Waals surface area contributed by atoms with Crippen molar-refractivity contribution in [1.29, 1.82) is 0 Å². The number of benzene rings is 1. The van der Waals surface area contributed by atoms with Crippen LogP contribution in [0.1, 0.15) is 18.1 Å². The Kier molecular flexibility index (Phi) is 3.88. The van der Waals surface area contributed by atoms with Crippen LogP contribution < -0.4 is 9.47 Å². The summed E-state index contributed by atoms with van der Waals surface area (Å²) in [5.74, 6) is 1.85. The maximum Gasteiger partial charge on any atom is 0.257 e. The number of fused-ring (bicyclic) bond motifs is 1. The molecular weight excluding hydrogens is 258 g/mol. The second-order valence-electron chi connectivity index (χ2n) is 4.62. The maximum absolute atomic E-state index is 12.4. The Morgan fingerprint density at radius 3 is 2.45 bits per heavy atom. The van der Waals surface area contributed by atoms with Gasteiger partial charge in [-0.25, -0.2) is 0 Å². The van der Waals surface area contributed by atoms with Gasteiger partial charge in [0.2, 0.25) is 0 Å². The minimum Gasteiger partial charge on any atom is -0.501 e. The van der Waals surface area contributed by atoms with E-state index in [0.29, 0.717) is 29.4 Å². The largest absolute Gasteiger partial charge is 0.501 e. The Labute approximate surface area is 118 Å². The fourth-order valence-electron chi connectivity index (χ4n) is 2.44. The molecular formula is C15H19NO4. The van der Waals surface area contributed by atoms with Crippen molar-refractivity contribution in [3.8, 4) is 11.5 Å². The van der Waals surface area contributed by atoms with Gasteiger partial charge in [-0.3, -0.25) is 4.79 Å². The lowest BCUT2D eigenvalue weighted by Crippen LogP contribution is -2.33. The first-order valence-electron chi connectivity index (χ1n) is 6.29. The van der Waals surface area contributed by atoms with Gasteiger partial charge in [0, 0.05) is 12.6 Å². The number of nitrogens with zero attached hydrogens (tertiary/aromatic N) is 1. The highest BCUT2D eigenvalue weighted by Gasteiger charge is 2.31. The summed E-state index contributed by atoms with van der Waals surface area (Å²) in [5, 5.41) is 0. The number of amides is 1. The van der Waals surface area contributed by atoms with E-state index < -0.39 is 0 Å². The smallest absolute Gasteiger partial charge is 0.257 e. The van der Waals surface area contributed by atoms with Gasteiger partial charge in [0.1, 0.15) is 5.76 Å². The number of ether oxygens (including phenoxy) is 3. The first-order valence-corrected chi connectivity index (χ1v) is 6.29. The molecule has 5 heteroatoms. The zero-order valence-electron chi connectivity index (χ0n) is 12.4. The molecule has 0 radical (unpaired) electrons. The van der Waals surface area contributed by atoms with Crippen LogP contribution in [-0.4, -0.2) is 39.2 Å². The summed E-state index contributed by atoms with van der Waals surface area (Å²) >= 11 is 0. The molecule has 0 atom stereocenters. The Balaban J connectivity index is 2.73. The molecule has 1 amide bonds. The number of allylic oxidation sites excluding steroid dienone is 1. The summed E-state index contributed by atoms with van der Waals surface area (Å²) < 4.78 is 16.0. The van der Waals surface area contributed by atoms with Crippen molar-refractivity contribution in [2.75, 3.05) is 28.4 Å². The van der Waals surface area contributed by atoms with Crippen LogP contribution in [0.5, 0.6) is 11.5 Å². The predicted octanol–water partition coefficient (Wildman–Crippen LogP) is 2.05. The van der Waals surface area contributed by atoms with Gasteiger partial charge in [0.25, 0.3) is 5.91 Å². The Morgan fingerprint density at radius 1 is 1.20 bits per heavy atom. The molecule has 1 aromatic rings. The Hall–Kier alpha value is -2.17. The van der Waals surface area contributed by atoms with Gasteiger partial charge in [-0.1, -0.05) is 0 Å². The third-order valence-corrected chi connectivity index (χ3v) is 3.53. The molecule has 0 N–H and O–H groups in total. The third-order valence-electron chi connectivity index (χ3n) is 3.53. The third kappa shape index (κ3) is 2.09. The topological polar surface area (TPSA) is 48.0 Å². The average Bonchev–Trinajstić information content (AvgIpc) is 2.46. The van der Waals surface area contributed by atoms with Crippen molar-refractivity contribution in [1.82, 2.24) is 4.90 Å². The highest BCUT2D eigenvalue weighted by atomic mass is 16.5. The molecule has 0 aliphatic carbocycles. The molecule has 0 unspecified atom stereocenters. The molecule has 5 nitrogen and oxygen atoms in total. The van der Waals surface area contributed by atoms with Crippen LogP contribution in [0.15, 0.2) is 17.9 Å². The number of carbonyl (C=O) groups is 1. The van der Waals surface area contributed by atoms with Gasteiger partial charge in [-0.05, 0) is 24.6 Å². The van der Waals surface area contributed by atoms with Crippen LogP contribution in [0.3, 0.4) is 0 Å². The van der Waals surface area contributed by atoms with Crippen LogP contribution in [0.2, 0.25) is 0 Å². The number of methoxy groups -OCH3 is 3. The van der Waals surface area contributed by atoms with Crippen LogP contribution in [-0.2, 0) is 16.1 Å². The zero-order valence-corrected chi connectivity index (χ0v) is 12.4. The molecule has 0 spiro atoms. The van der Waals surface area contributed by atoms with E-state index in [1.807, 2.05) is 6.07 Å². The molecule has 1 aromatic carbocycles. The lowest BCUT2D eigenvalue weighted by Gasteiger charge is -2.29. The number of hydrogen-bond donors (Lipinski definition) is 0. The highest BCUT2D eigenvalue weighted by molar-refractivity contribution is 6.21.